The van der Waals surface area contributed by atoms with Crippen molar-refractivity contribution in [3.05, 3.63) is 29.8 Å². The van der Waals surface area contributed by atoms with E-state index in [9.17, 15) is 0 Å². The molecule has 0 aliphatic rings. The second-order valence-corrected chi connectivity index (χ2v) is 3.64. The number of thiocyanates is 1. The molecule has 64 valence electrons. The summed E-state index contributed by atoms with van der Waals surface area (Å²) in [6, 6.07) is 7.82. The van der Waals surface area contributed by atoms with E-state index in [0.717, 1.165) is 16.9 Å². The van der Waals surface area contributed by atoms with E-state index in [2.05, 4.69) is 6.92 Å². The van der Waals surface area contributed by atoms with Gasteiger partial charge in [0.05, 0.1) is 7.85 Å². The summed E-state index contributed by atoms with van der Waals surface area (Å²) >= 11 is 1.17. The lowest BCUT2D eigenvalue weighted by atomic mass is 9.79. The van der Waals surface area contributed by atoms with Crippen molar-refractivity contribution in [2.75, 3.05) is 0 Å². The molecule has 0 spiro atoms. The third-order valence-electron chi connectivity index (χ3n) is 1.91. The Hall–Kier alpha value is -0.875. The molecule has 1 nitrogen and oxygen atoms in total. The first-order valence-corrected chi connectivity index (χ1v) is 5.01. The van der Waals surface area contributed by atoms with Crippen molar-refractivity contribution in [3.8, 4) is 5.40 Å². The molecule has 0 aliphatic carbocycles. The zero-order valence-electron chi connectivity index (χ0n) is 7.53. The number of rotatable bonds is 3. The zero-order chi connectivity index (χ0) is 9.68. The lowest BCUT2D eigenvalue weighted by molar-refractivity contribution is 0.881. The number of hydrogen-bond acceptors (Lipinski definition) is 2. The molecule has 0 saturated carbocycles. The van der Waals surface area contributed by atoms with Crippen molar-refractivity contribution in [1.82, 2.24) is 0 Å². The number of nitrogens with zero attached hydrogens (tertiary/aromatic N) is 1. The average molecular weight is 187 g/mol. The van der Waals surface area contributed by atoms with Gasteiger partial charge in [-0.1, -0.05) is 36.9 Å². The van der Waals surface area contributed by atoms with Crippen LogP contribution in [0.5, 0.6) is 0 Å². The summed E-state index contributed by atoms with van der Waals surface area (Å²) in [6.45, 7) is 2.06. The van der Waals surface area contributed by atoms with Crippen LogP contribution in [-0.4, -0.2) is 7.85 Å². The number of benzene rings is 1. The molecule has 3 heteroatoms. The molecule has 0 heterocycles. The van der Waals surface area contributed by atoms with Crippen molar-refractivity contribution >= 4 is 19.6 Å². The third kappa shape index (κ3) is 2.82. The van der Waals surface area contributed by atoms with Crippen LogP contribution in [0, 0.1) is 10.7 Å². The molecule has 1 unspecified atom stereocenters. The zero-order valence-corrected chi connectivity index (χ0v) is 8.34. The average Bonchev–Trinajstić information content (AvgIpc) is 2.18. The molecule has 0 N–H and O–H groups in total. The van der Waals surface area contributed by atoms with Gasteiger partial charge in [-0.05, 0) is 23.9 Å². The van der Waals surface area contributed by atoms with Gasteiger partial charge >= 0.3 is 0 Å². The van der Waals surface area contributed by atoms with Crippen molar-refractivity contribution in [3.63, 3.8) is 0 Å². The quantitative estimate of drug-likeness (QED) is 0.412. The highest BCUT2D eigenvalue weighted by Gasteiger charge is 2.01. The highest BCUT2D eigenvalue weighted by molar-refractivity contribution is 8.03. The van der Waals surface area contributed by atoms with Crippen LogP contribution in [0.25, 0.3) is 0 Å². The first-order chi connectivity index (χ1) is 6.27. The summed E-state index contributed by atoms with van der Waals surface area (Å²) in [7, 11) is 5.85. The van der Waals surface area contributed by atoms with Crippen LogP contribution < -0.4 is 0 Å². The minimum absolute atomic E-state index is 0.112. The van der Waals surface area contributed by atoms with Crippen molar-refractivity contribution in [1.29, 1.82) is 5.26 Å². The van der Waals surface area contributed by atoms with Gasteiger partial charge in [0.1, 0.15) is 5.40 Å². The molecular weight excluding hydrogens is 177 g/mol. The highest BCUT2D eigenvalue weighted by Crippen LogP contribution is 2.21. The van der Waals surface area contributed by atoms with E-state index < -0.39 is 0 Å². The van der Waals surface area contributed by atoms with E-state index in [0.29, 0.717) is 0 Å². The van der Waals surface area contributed by atoms with Gasteiger partial charge in [0.15, 0.2) is 0 Å². The topological polar surface area (TPSA) is 23.8 Å². The van der Waals surface area contributed by atoms with Gasteiger partial charge in [0.2, 0.25) is 0 Å². The second-order valence-electron chi connectivity index (χ2n) is 2.78. The molecule has 2 radical (unpaired) electrons. The minimum atomic E-state index is 0.112. The number of nitriles is 1. The smallest absolute Gasteiger partial charge is 0.138 e. The Balaban J connectivity index is 2.76. The van der Waals surface area contributed by atoms with Gasteiger partial charge in [-0.25, -0.2) is 0 Å². The second kappa shape index (κ2) is 4.99. The Morgan fingerprint density at radius 1 is 1.46 bits per heavy atom. The number of hydrogen-bond donors (Lipinski definition) is 0. The van der Waals surface area contributed by atoms with E-state index in [1.54, 1.807) is 0 Å². The third-order valence-corrected chi connectivity index (χ3v) is 2.51. The maximum atomic E-state index is 8.43. The van der Waals surface area contributed by atoms with Gasteiger partial charge in [-0.2, -0.15) is 5.26 Å². The first-order valence-electron chi connectivity index (χ1n) is 4.19. The summed E-state index contributed by atoms with van der Waals surface area (Å²) in [5.41, 5.74) is 1.13. The Labute approximate surface area is 84.6 Å². The molecule has 0 saturated heterocycles. The normalized spacial score (nSPS) is 12.0. The maximum Gasteiger partial charge on any atom is 0.138 e. The summed E-state index contributed by atoms with van der Waals surface area (Å²) in [5.74, 6) is 0.112. The van der Waals surface area contributed by atoms with E-state index in [1.807, 2.05) is 29.7 Å². The minimum Gasteiger partial charge on any atom is -0.185 e. The van der Waals surface area contributed by atoms with Gasteiger partial charge in [0.25, 0.3) is 0 Å². The van der Waals surface area contributed by atoms with Gasteiger partial charge in [0, 0.05) is 4.90 Å². The fourth-order valence-corrected chi connectivity index (χ4v) is 1.45. The Kier molecular flexibility index (Phi) is 3.91. The van der Waals surface area contributed by atoms with Crippen LogP contribution in [0.3, 0.4) is 0 Å². The van der Waals surface area contributed by atoms with Crippen LogP contribution >= 0.6 is 11.8 Å². The molecule has 1 rings (SSSR count). The van der Waals surface area contributed by atoms with Crippen molar-refractivity contribution in [2.24, 2.45) is 0 Å². The first kappa shape index (κ1) is 10.2. The van der Waals surface area contributed by atoms with E-state index in [-0.39, 0.29) is 5.82 Å². The molecule has 0 bridgehead atoms. The monoisotopic (exact) mass is 187 g/mol. The van der Waals surface area contributed by atoms with Crippen LogP contribution in [-0.2, 0) is 0 Å². The molecule has 1 aromatic carbocycles. The van der Waals surface area contributed by atoms with Crippen LogP contribution in [0.4, 0.5) is 0 Å². The molecule has 0 fully saturated rings. The van der Waals surface area contributed by atoms with Crippen molar-refractivity contribution in [2.45, 2.75) is 24.1 Å². The van der Waals surface area contributed by atoms with E-state index in [4.69, 9.17) is 13.1 Å². The predicted molar refractivity (Wildman–Crippen MR) is 56.7 cm³/mol. The lowest BCUT2D eigenvalue weighted by Gasteiger charge is -2.08. The molecule has 0 aromatic heterocycles. The molecular formula is C10H10BNS. The standard InChI is InChI=1S/C10H10BNS/c1-2-10(11)8-3-5-9(6-4-8)13-7-12/h3-6,10H,2H2,1H3. The summed E-state index contributed by atoms with van der Waals surface area (Å²) in [5, 5.41) is 10.5. The summed E-state index contributed by atoms with van der Waals surface area (Å²) in [4.78, 5) is 0.967. The molecule has 0 aliphatic heterocycles. The Morgan fingerprint density at radius 2 is 2.08 bits per heavy atom. The summed E-state index contributed by atoms with van der Waals surface area (Å²) < 4.78 is 0. The fraction of sp³-hybridized carbons (Fsp3) is 0.300. The van der Waals surface area contributed by atoms with Gasteiger partial charge in [-0.15, -0.1) is 0 Å². The lowest BCUT2D eigenvalue weighted by Crippen LogP contribution is -1.94. The van der Waals surface area contributed by atoms with Gasteiger partial charge in [-0.3, -0.25) is 0 Å². The number of thioether (sulfide) groups is 1. The largest absolute Gasteiger partial charge is 0.185 e. The highest BCUT2D eigenvalue weighted by atomic mass is 32.2. The van der Waals surface area contributed by atoms with Crippen LogP contribution in [0.1, 0.15) is 24.7 Å². The van der Waals surface area contributed by atoms with Crippen LogP contribution in [0.2, 0.25) is 0 Å². The SMILES string of the molecule is [B]C(CC)c1ccc(SC#N)cc1. The predicted octanol–water partition coefficient (Wildman–Crippen LogP) is 2.88. The molecule has 1 aromatic rings. The molecule has 1 atom stereocenters. The Bertz CT molecular complexity index is 302. The van der Waals surface area contributed by atoms with Crippen molar-refractivity contribution < 1.29 is 0 Å². The molecule has 13 heavy (non-hydrogen) atoms. The maximum absolute atomic E-state index is 8.43. The Morgan fingerprint density at radius 3 is 2.54 bits per heavy atom. The summed E-state index contributed by atoms with van der Waals surface area (Å²) in [6.07, 6.45) is 0.935. The molecule has 0 amide bonds. The fourth-order valence-electron chi connectivity index (χ4n) is 1.07. The van der Waals surface area contributed by atoms with Crippen LogP contribution in [0.15, 0.2) is 29.2 Å². The van der Waals surface area contributed by atoms with E-state index >= 15 is 0 Å². The van der Waals surface area contributed by atoms with E-state index in [1.165, 1.54) is 11.8 Å². The van der Waals surface area contributed by atoms with Gasteiger partial charge < -0.3 is 0 Å².